The SMILES string of the molecule is CCOc1cc2c(cc1OC)C(c1cnc(OC)c(OC)c1)=N[C@@H]1CC[C@@H](CC(=O)O)C[C@H]21. The fraction of sp³-hybridized carbons (Fsp3) is 0.480. The Morgan fingerprint density at radius 3 is 2.52 bits per heavy atom. The van der Waals surface area contributed by atoms with E-state index < -0.39 is 5.97 Å². The summed E-state index contributed by atoms with van der Waals surface area (Å²) in [6.45, 7) is 2.46. The number of methoxy groups -OCH3 is 3. The van der Waals surface area contributed by atoms with Crippen molar-refractivity contribution in [1.29, 1.82) is 0 Å². The fourth-order valence-corrected chi connectivity index (χ4v) is 5.00. The van der Waals surface area contributed by atoms with Crippen LogP contribution in [-0.4, -0.2) is 55.7 Å². The number of pyridine rings is 1. The molecule has 1 aliphatic heterocycles. The molecule has 33 heavy (non-hydrogen) atoms. The Balaban J connectivity index is 1.84. The summed E-state index contributed by atoms with van der Waals surface area (Å²) in [5.74, 6) is 1.77. The number of hydrogen-bond acceptors (Lipinski definition) is 7. The van der Waals surface area contributed by atoms with Gasteiger partial charge in [0, 0.05) is 29.7 Å². The minimum atomic E-state index is -0.750. The van der Waals surface area contributed by atoms with E-state index in [9.17, 15) is 9.90 Å². The van der Waals surface area contributed by atoms with Crippen molar-refractivity contribution >= 4 is 11.7 Å². The summed E-state index contributed by atoms with van der Waals surface area (Å²) in [6, 6.07) is 5.95. The maximum Gasteiger partial charge on any atom is 0.303 e. The number of carbonyl (C=O) groups is 1. The van der Waals surface area contributed by atoms with Crippen molar-refractivity contribution in [2.45, 2.75) is 44.6 Å². The van der Waals surface area contributed by atoms with Crippen LogP contribution in [0, 0.1) is 5.92 Å². The Hall–Kier alpha value is -3.29. The first kappa shape index (κ1) is 22.9. The molecule has 0 amide bonds. The Bertz CT molecular complexity index is 1070. The first-order valence-corrected chi connectivity index (χ1v) is 11.2. The molecule has 2 aliphatic rings. The summed E-state index contributed by atoms with van der Waals surface area (Å²) < 4.78 is 22.2. The van der Waals surface area contributed by atoms with Crippen molar-refractivity contribution in [3.8, 4) is 23.1 Å². The van der Waals surface area contributed by atoms with E-state index >= 15 is 0 Å². The Morgan fingerprint density at radius 1 is 1.06 bits per heavy atom. The molecule has 8 nitrogen and oxygen atoms in total. The third-order valence-corrected chi connectivity index (χ3v) is 6.48. The van der Waals surface area contributed by atoms with Gasteiger partial charge in [0.15, 0.2) is 17.2 Å². The highest BCUT2D eigenvalue weighted by atomic mass is 16.5. The molecule has 1 fully saturated rings. The molecule has 4 rings (SSSR count). The maximum absolute atomic E-state index is 11.4. The van der Waals surface area contributed by atoms with E-state index in [1.807, 2.05) is 25.1 Å². The number of rotatable bonds is 8. The summed E-state index contributed by atoms with van der Waals surface area (Å²) in [5, 5.41) is 9.33. The molecule has 1 aromatic heterocycles. The number of aliphatic imine (C=N–C) groups is 1. The third-order valence-electron chi connectivity index (χ3n) is 6.48. The van der Waals surface area contributed by atoms with Crippen LogP contribution in [0.15, 0.2) is 29.4 Å². The lowest BCUT2D eigenvalue weighted by atomic mass is 9.70. The van der Waals surface area contributed by atoms with Crippen LogP contribution in [0.4, 0.5) is 0 Å². The van der Waals surface area contributed by atoms with Crippen LogP contribution in [0.3, 0.4) is 0 Å². The molecular weight excluding hydrogens is 424 g/mol. The summed E-state index contributed by atoms with van der Waals surface area (Å²) in [7, 11) is 4.75. The number of carboxylic acid groups (broad SMARTS) is 1. The Morgan fingerprint density at radius 2 is 1.85 bits per heavy atom. The zero-order chi connectivity index (χ0) is 23.5. The van der Waals surface area contributed by atoms with Gasteiger partial charge in [-0.15, -0.1) is 0 Å². The summed E-state index contributed by atoms with van der Waals surface area (Å²) in [4.78, 5) is 20.9. The largest absolute Gasteiger partial charge is 0.493 e. The van der Waals surface area contributed by atoms with Crippen molar-refractivity contribution in [3.63, 3.8) is 0 Å². The highest BCUT2D eigenvalue weighted by Crippen LogP contribution is 2.47. The minimum Gasteiger partial charge on any atom is -0.493 e. The highest BCUT2D eigenvalue weighted by Gasteiger charge is 2.38. The number of fused-ring (bicyclic) bond motifs is 3. The third kappa shape index (κ3) is 4.47. The van der Waals surface area contributed by atoms with Crippen molar-refractivity contribution in [3.05, 3.63) is 41.1 Å². The van der Waals surface area contributed by atoms with Gasteiger partial charge >= 0.3 is 5.97 Å². The van der Waals surface area contributed by atoms with Gasteiger partial charge in [0.05, 0.1) is 39.7 Å². The van der Waals surface area contributed by atoms with Crippen molar-refractivity contribution in [2.24, 2.45) is 10.9 Å². The molecule has 0 radical (unpaired) electrons. The topological polar surface area (TPSA) is 99.5 Å². The maximum atomic E-state index is 11.4. The molecule has 0 bridgehead atoms. The van der Waals surface area contributed by atoms with E-state index in [1.54, 1.807) is 27.5 Å². The van der Waals surface area contributed by atoms with E-state index in [2.05, 4.69) is 4.98 Å². The zero-order valence-corrected chi connectivity index (χ0v) is 19.5. The van der Waals surface area contributed by atoms with Gasteiger partial charge in [-0.1, -0.05) is 0 Å². The number of ether oxygens (including phenoxy) is 4. The van der Waals surface area contributed by atoms with E-state index in [1.165, 1.54) is 0 Å². The van der Waals surface area contributed by atoms with E-state index in [0.29, 0.717) is 29.7 Å². The van der Waals surface area contributed by atoms with Crippen LogP contribution in [0.2, 0.25) is 0 Å². The fourth-order valence-electron chi connectivity index (χ4n) is 5.00. The van der Waals surface area contributed by atoms with Crippen LogP contribution < -0.4 is 18.9 Å². The number of hydrogen-bond donors (Lipinski definition) is 1. The average molecular weight is 455 g/mol. The molecule has 1 N–H and O–H groups in total. The minimum absolute atomic E-state index is 0.0634. The molecule has 2 aromatic rings. The lowest BCUT2D eigenvalue weighted by molar-refractivity contribution is -0.138. The summed E-state index contributed by atoms with van der Waals surface area (Å²) in [6.07, 6.45) is 4.38. The zero-order valence-electron chi connectivity index (χ0n) is 19.5. The normalized spacial score (nSPS) is 21.3. The number of aliphatic carboxylic acids is 1. The Labute approximate surface area is 193 Å². The van der Waals surface area contributed by atoms with Crippen molar-refractivity contribution in [2.75, 3.05) is 27.9 Å². The lowest BCUT2D eigenvalue weighted by Gasteiger charge is -2.38. The van der Waals surface area contributed by atoms with Gasteiger partial charge in [-0.05, 0) is 55.9 Å². The van der Waals surface area contributed by atoms with E-state index in [0.717, 1.165) is 41.7 Å². The molecule has 2 heterocycles. The van der Waals surface area contributed by atoms with Gasteiger partial charge in [-0.3, -0.25) is 9.79 Å². The molecule has 1 saturated carbocycles. The molecule has 8 heteroatoms. The summed E-state index contributed by atoms with van der Waals surface area (Å²) >= 11 is 0. The number of aromatic nitrogens is 1. The standard InChI is InChI=1S/C25H30N2O6/c1-5-33-21-11-16-17-8-14(9-23(28)29)6-7-19(17)27-24(18(16)12-20(21)30-2)15-10-22(31-3)25(32-4)26-13-15/h10-14,17,19H,5-9H2,1-4H3,(H,28,29)/t14-,17-,19-/m1/s1. The monoisotopic (exact) mass is 454 g/mol. The summed E-state index contributed by atoms with van der Waals surface area (Å²) in [5.41, 5.74) is 3.70. The smallest absolute Gasteiger partial charge is 0.303 e. The number of nitrogens with zero attached hydrogens (tertiary/aromatic N) is 2. The molecule has 0 unspecified atom stereocenters. The van der Waals surface area contributed by atoms with Gasteiger partial charge in [0.2, 0.25) is 0 Å². The molecule has 176 valence electrons. The van der Waals surface area contributed by atoms with Crippen LogP contribution in [0.25, 0.3) is 0 Å². The Kier molecular flexibility index (Phi) is 6.72. The average Bonchev–Trinajstić information content (AvgIpc) is 2.82. The van der Waals surface area contributed by atoms with E-state index in [-0.39, 0.29) is 24.3 Å². The van der Waals surface area contributed by atoms with Crippen LogP contribution in [-0.2, 0) is 4.79 Å². The lowest BCUT2D eigenvalue weighted by Crippen LogP contribution is -2.33. The van der Waals surface area contributed by atoms with E-state index in [4.69, 9.17) is 23.9 Å². The molecule has 1 aliphatic carbocycles. The van der Waals surface area contributed by atoms with Crippen LogP contribution in [0.1, 0.15) is 55.2 Å². The number of benzene rings is 1. The molecular formula is C25H30N2O6. The van der Waals surface area contributed by atoms with Crippen molar-refractivity contribution < 1.29 is 28.8 Å². The van der Waals surface area contributed by atoms with Gasteiger partial charge < -0.3 is 24.1 Å². The highest BCUT2D eigenvalue weighted by molar-refractivity contribution is 6.15. The van der Waals surface area contributed by atoms with Crippen LogP contribution >= 0.6 is 0 Å². The predicted octanol–water partition coefficient (Wildman–Crippen LogP) is 4.08. The van der Waals surface area contributed by atoms with Gasteiger partial charge in [-0.25, -0.2) is 4.98 Å². The molecule has 1 aromatic carbocycles. The van der Waals surface area contributed by atoms with Gasteiger partial charge in [-0.2, -0.15) is 0 Å². The van der Waals surface area contributed by atoms with Crippen molar-refractivity contribution in [1.82, 2.24) is 4.98 Å². The second kappa shape index (κ2) is 9.68. The second-order valence-electron chi connectivity index (χ2n) is 8.39. The predicted molar refractivity (Wildman–Crippen MR) is 123 cm³/mol. The number of carboxylic acids is 1. The van der Waals surface area contributed by atoms with Crippen LogP contribution in [0.5, 0.6) is 23.1 Å². The van der Waals surface area contributed by atoms with Gasteiger partial charge in [0.25, 0.3) is 5.88 Å². The first-order chi connectivity index (χ1) is 16.0. The molecule has 0 saturated heterocycles. The first-order valence-electron chi connectivity index (χ1n) is 11.2. The molecule has 0 spiro atoms. The quantitative estimate of drug-likeness (QED) is 0.641. The van der Waals surface area contributed by atoms with Gasteiger partial charge in [0.1, 0.15) is 0 Å². The molecule has 3 atom stereocenters. The second-order valence-corrected chi connectivity index (χ2v) is 8.39.